The van der Waals surface area contributed by atoms with Crippen molar-refractivity contribution in [2.75, 3.05) is 51.9 Å². The van der Waals surface area contributed by atoms with Crippen molar-refractivity contribution in [3.05, 3.63) is 72.7 Å². The van der Waals surface area contributed by atoms with E-state index in [0.717, 1.165) is 50.3 Å². The van der Waals surface area contributed by atoms with E-state index in [1.165, 1.54) is 0 Å². The fourth-order valence-corrected chi connectivity index (χ4v) is 4.34. The van der Waals surface area contributed by atoms with Crippen LogP contribution in [0.2, 0.25) is 0 Å². The molecule has 0 amide bonds. The molecule has 2 aromatic carbocycles. The van der Waals surface area contributed by atoms with Crippen molar-refractivity contribution in [2.24, 2.45) is 0 Å². The molecule has 4 aromatic rings. The van der Waals surface area contributed by atoms with Gasteiger partial charge in [0.2, 0.25) is 0 Å². The molecular weight excluding hydrogens is 482 g/mol. The van der Waals surface area contributed by atoms with Crippen LogP contribution in [0.25, 0.3) is 10.9 Å². The quantitative estimate of drug-likeness (QED) is 0.290. The Morgan fingerprint density at radius 3 is 2.53 bits per heavy atom. The lowest BCUT2D eigenvalue weighted by atomic mass is 10.1. The zero-order valence-corrected chi connectivity index (χ0v) is 21.2. The van der Waals surface area contributed by atoms with Crippen molar-refractivity contribution in [2.45, 2.75) is 6.42 Å². The van der Waals surface area contributed by atoms with Crippen molar-refractivity contribution in [3.63, 3.8) is 0 Å². The molecular formula is C29H29N5O4. The van der Waals surface area contributed by atoms with Gasteiger partial charge in [-0.05, 0) is 55.0 Å². The number of rotatable bonds is 10. The van der Waals surface area contributed by atoms with E-state index in [4.69, 9.17) is 18.9 Å². The van der Waals surface area contributed by atoms with Crippen LogP contribution >= 0.6 is 0 Å². The molecule has 0 atom stereocenters. The van der Waals surface area contributed by atoms with Crippen LogP contribution in [0.1, 0.15) is 12.0 Å². The average Bonchev–Trinajstić information content (AvgIpc) is 2.97. The topological polar surface area (TPSA) is 102 Å². The van der Waals surface area contributed by atoms with E-state index < -0.39 is 0 Å². The first-order chi connectivity index (χ1) is 18.7. The van der Waals surface area contributed by atoms with Crippen molar-refractivity contribution in [3.8, 4) is 29.1 Å². The number of pyridine rings is 2. The fourth-order valence-electron chi connectivity index (χ4n) is 4.34. The van der Waals surface area contributed by atoms with Gasteiger partial charge in [-0.15, -0.1) is 0 Å². The summed E-state index contributed by atoms with van der Waals surface area (Å²) in [6, 6.07) is 17.1. The molecule has 194 valence electrons. The van der Waals surface area contributed by atoms with Gasteiger partial charge in [-0.25, -0.2) is 0 Å². The number of benzene rings is 2. The number of fused-ring (bicyclic) bond motifs is 1. The van der Waals surface area contributed by atoms with Gasteiger partial charge in [0.25, 0.3) is 0 Å². The highest BCUT2D eigenvalue weighted by molar-refractivity contribution is 5.99. The van der Waals surface area contributed by atoms with Gasteiger partial charge in [-0.2, -0.15) is 5.26 Å². The maximum Gasteiger partial charge on any atom is 0.187 e. The van der Waals surface area contributed by atoms with E-state index in [1.54, 1.807) is 37.8 Å². The summed E-state index contributed by atoms with van der Waals surface area (Å²) in [7, 11) is 1.60. The number of morpholine rings is 1. The minimum absolute atomic E-state index is 0.427. The number of aromatic nitrogens is 2. The van der Waals surface area contributed by atoms with E-state index in [0.29, 0.717) is 46.4 Å². The smallest absolute Gasteiger partial charge is 0.187 e. The van der Waals surface area contributed by atoms with Crippen LogP contribution in [-0.4, -0.2) is 61.4 Å². The Kier molecular flexibility index (Phi) is 8.13. The molecule has 1 saturated heterocycles. The molecule has 0 aliphatic carbocycles. The molecule has 1 aliphatic heterocycles. The number of nitrogens with one attached hydrogen (secondary N) is 1. The van der Waals surface area contributed by atoms with Crippen LogP contribution in [-0.2, 0) is 4.74 Å². The molecule has 3 heterocycles. The van der Waals surface area contributed by atoms with Gasteiger partial charge in [0.1, 0.15) is 23.1 Å². The second kappa shape index (κ2) is 12.2. The zero-order chi connectivity index (χ0) is 26.2. The monoisotopic (exact) mass is 511 g/mol. The number of ether oxygens (including phenoxy) is 4. The normalized spacial score (nSPS) is 13.6. The van der Waals surface area contributed by atoms with E-state index in [2.05, 4.69) is 26.3 Å². The lowest BCUT2D eigenvalue weighted by Gasteiger charge is -2.26. The molecule has 0 radical (unpaired) electrons. The van der Waals surface area contributed by atoms with Crippen molar-refractivity contribution in [1.29, 1.82) is 5.26 Å². The Balaban J connectivity index is 1.33. The number of hydrogen-bond acceptors (Lipinski definition) is 9. The number of hydrogen-bond donors (Lipinski definition) is 1. The summed E-state index contributed by atoms with van der Waals surface area (Å²) in [5.74, 6) is 2.57. The molecule has 0 spiro atoms. The molecule has 9 nitrogen and oxygen atoms in total. The van der Waals surface area contributed by atoms with E-state index >= 15 is 0 Å². The van der Waals surface area contributed by atoms with Gasteiger partial charge in [-0.3, -0.25) is 14.9 Å². The predicted octanol–water partition coefficient (Wildman–Crippen LogP) is 5.15. The first-order valence-electron chi connectivity index (χ1n) is 12.5. The van der Waals surface area contributed by atoms with Gasteiger partial charge >= 0.3 is 0 Å². The van der Waals surface area contributed by atoms with Crippen LogP contribution in [0.4, 0.5) is 11.4 Å². The van der Waals surface area contributed by atoms with Gasteiger partial charge in [0.05, 0.1) is 38.2 Å². The summed E-state index contributed by atoms with van der Waals surface area (Å²) in [6.07, 6.45) is 5.81. The summed E-state index contributed by atoms with van der Waals surface area (Å²) in [6.45, 7) is 5.02. The fraction of sp³-hybridized carbons (Fsp3) is 0.276. The molecule has 9 heteroatoms. The highest BCUT2D eigenvalue weighted by atomic mass is 16.5. The average molecular weight is 512 g/mol. The molecule has 0 saturated carbocycles. The Hall–Kier alpha value is -4.39. The number of nitriles is 1. The Morgan fingerprint density at radius 1 is 1.03 bits per heavy atom. The Morgan fingerprint density at radius 2 is 1.79 bits per heavy atom. The van der Waals surface area contributed by atoms with Crippen LogP contribution < -0.4 is 19.5 Å². The van der Waals surface area contributed by atoms with Gasteiger partial charge in [-0.1, -0.05) is 0 Å². The second-order valence-electron chi connectivity index (χ2n) is 8.74. The number of nitrogens with zero attached hydrogens (tertiary/aromatic N) is 4. The maximum absolute atomic E-state index is 9.77. The first kappa shape index (κ1) is 25.3. The predicted molar refractivity (Wildman–Crippen MR) is 144 cm³/mol. The van der Waals surface area contributed by atoms with E-state index in [-0.39, 0.29) is 0 Å². The molecule has 0 bridgehead atoms. The van der Waals surface area contributed by atoms with Crippen LogP contribution in [0.15, 0.2) is 67.1 Å². The zero-order valence-electron chi connectivity index (χ0n) is 21.2. The molecule has 1 aliphatic rings. The van der Waals surface area contributed by atoms with Crippen LogP contribution in [0.5, 0.6) is 23.0 Å². The standard InChI is InChI=1S/C29H29N5O4/c1-35-29-26(37-16-2-13-34-14-17-36-18-15-34)8-7-25-27(21(19-30)20-32-28(25)29)33-22-3-5-23(6-4-22)38-24-9-11-31-12-10-24/h3-12,20H,2,13-18H2,1H3,(H,32,33). The second-order valence-corrected chi connectivity index (χ2v) is 8.74. The minimum atomic E-state index is 0.427. The minimum Gasteiger partial charge on any atom is -0.491 e. The lowest BCUT2D eigenvalue weighted by molar-refractivity contribution is 0.0357. The highest BCUT2D eigenvalue weighted by Gasteiger charge is 2.17. The van der Waals surface area contributed by atoms with E-state index in [1.807, 2.05) is 36.4 Å². The summed E-state index contributed by atoms with van der Waals surface area (Å²) in [4.78, 5) is 10.9. The van der Waals surface area contributed by atoms with Crippen molar-refractivity contribution >= 4 is 22.3 Å². The number of methoxy groups -OCH3 is 1. The molecule has 38 heavy (non-hydrogen) atoms. The Bertz CT molecular complexity index is 1400. The highest BCUT2D eigenvalue weighted by Crippen LogP contribution is 2.39. The first-order valence-corrected chi connectivity index (χ1v) is 12.5. The third-order valence-corrected chi connectivity index (χ3v) is 6.27. The van der Waals surface area contributed by atoms with Gasteiger partial charge in [0, 0.05) is 49.3 Å². The SMILES string of the molecule is COc1c(OCCCN2CCOCC2)ccc2c(Nc3ccc(Oc4ccncc4)cc3)c(C#N)cnc12. The summed E-state index contributed by atoms with van der Waals surface area (Å²) in [5.41, 5.74) is 2.50. The number of anilines is 2. The van der Waals surface area contributed by atoms with Crippen LogP contribution in [0.3, 0.4) is 0 Å². The summed E-state index contributed by atoms with van der Waals surface area (Å²) in [5, 5.41) is 13.9. The molecule has 5 rings (SSSR count). The Labute approximate surface area is 221 Å². The third kappa shape index (κ3) is 5.94. The summed E-state index contributed by atoms with van der Waals surface area (Å²) < 4.78 is 23.0. The largest absolute Gasteiger partial charge is 0.491 e. The lowest BCUT2D eigenvalue weighted by Crippen LogP contribution is -2.37. The van der Waals surface area contributed by atoms with Crippen molar-refractivity contribution < 1.29 is 18.9 Å². The van der Waals surface area contributed by atoms with Gasteiger partial charge < -0.3 is 24.3 Å². The molecule has 1 N–H and O–H groups in total. The van der Waals surface area contributed by atoms with Gasteiger partial charge in [0.15, 0.2) is 11.5 Å². The molecule has 1 fully saturated rings. The summed E-state index contributed by atoms with van der Waals surface area (Å²) >= 11 is 0. The van der Waals surface area contributed by atoms with E-state index in [9.17, 15) is 5.26 Å². The third-order valence-electron chi connectivity index (χ3n) is 6.27. The molecule has 0 unspecified atom stereocenters. The van der Waals surface area contributed by atoms with Crippen molar-refractivity contribution in [1.82, 2.24) is 14.9 Å². The van der Waals surface area contributed by atoms with Crippen LogP contribution in [0, 0.1) is 11.3 Å². The maximum atomic E-state index is 9.77. The molecule has 2 aromatic heterocycles.